The number of benzene rings is 1. The lowest BCUT2D eigenvalue weighted by molar-refractivity contribution is -0.137. The summed E-state index contributed by atoms with van der Waals surface area (Å²) in [5, 5.41) is 18.0. The van der Waals surface area contributed by atoms with Gasteiger partial charge in [0.05, 0.1) is 6.61 Å². The van der Waals surface area contributed by atoms with Gasteiger partial charge in [0.25, 0.3) is 0 Å². The highest BCUT2D eigenvalue weighted by Gasteiger charge is 1.98. The van der Waals surface area contributed by atoms with E-state index < -0.39 is 0 Å². The second-order valence-electron chi connectivity index (χ2n) is 9.53. The Hall–Kier alpha value is -1.81. The van der Waals surface area contributed by atoms with E-state index in [1.807, 2.05) is 0 Å². The highest BCUT2D eigenvalue weighted by atomic mass is 16.5. The van der Waals surface area contributed by atoms with Gasteiger partial charge < -0.3 is 14.9 Å². The number of hydrogen-bond acceptors (Lipinski definition) is 4. The number of hydrogen-bond donors (Lipinski definition) is 2. The van der Waals surface area contributed by atoms with E-state index in [1.54, 1.807) is 30.3 Å². The minimum absolute atomic E-state index is 0.217. The fourth-order valence-corrected chi connectivity index (χ4v) is 4.19. The molecular formula is C30H50O4. The molecule has 0 saturated carbocycles. The van der Waals surface area contributed by atoms with E-state index in [1.165, 1.54) is 109 Å². The summed E-state index contributed by atoms with van der Waals surface area (Å²) in [6.45, 7) is 0.841. The Morgan fingerprint density at radius 3 is 1.41 bits per heavy atom. The SMILES string of the molecule is O=C(/C=C/c1ccc(O)cc1)OCCCCCCCCCCCCCCCCCCCCCO. The lowest BCUT2D eigenvalue weighted by Crippen LogP contribution is -2.02. The van der Waals surface area contributed by atoms with E-state index in [4.69, 9.17) is 9.84 Å². The number of aliphatic hydroxyl groups is 1. The van der Waals surface area contributed by atoms with Crippen LogP contribution >= 0.6 is 0 Å². The fourth-order valence-electron chi connectivity index (χ4n) is 4.19. The summed E-state index contributed by atoms with van der Waals surface area (Å²) in [6.07, 6.45) is 27.7. The van der Waals surface area contributed by atoms with Crippen LogP contribution in [0.25, 0.3) is 6.08 Å². The van der Waals surface area contributed by atoms with Crippen molar-refractivity contribution in [2.45, 2.75) is 122 Å². The molecule has 0 unspecified atom stereocenters. The van der Waals surface area contributed by atoms with Crippen molar-refractivity contribution in [1.82, 2.24) is 0 Å². The minimum Gasteiger partial charge on any atom is -0.508 e. The van der Waals surface area contributed by atoms with Crippen LogP contribution in [0.3, 0.4) is 0 Å². The van der Waals surface area contributed by atoms with Gasteiger partial charge in [-0.2, -0.15) is 0 Å². The molecule has 1 aromatic carbocycles. The maximum absolute atomic E-state index is 11.7. The molecule has 0 atom stereocenters. The molecule has 0 radical (unpaired) electrons. The van der Waals surface area contributed by atoms with Crippen LogP contribution in [0.5, 0.6) is 5.75 Å². The van der Waals surface area contributed by atoms with Crippen LogP contribution in [0.4, 0.5) is 0 Å². The third kappa shape index (κ3) is 19.6. The smallest absolute Gasteiger partial charge is 0.330 e. The van der Waals surface area contributed by atoms with Gasteiger partial charge in [-0.3, -0.25) is 0 Å². The second kappa shape index (κ2) is 23.0. The number of carbonyl (C=O) groups excluding carboxylic acids is 1. The van der Waals surface area contributed by atoms with E-state index in [0.29, 0.717) is 13.2 Å². The molecule has 34 heavy (non-hydrogen) atoms. The lowest BCUT2D eigenvalue weighted by atomic mass is 10.0. The maximum Gasteiger partial charge on any atom is 0.330 e. The van der Waals surface area contributed by atoms with Crippen molar-refractivity contribution in [3.05, 3.63) is 35.9 Å². The molecule has 4 nitrogen and oxygen atoms in total. The number of phenolic OH excluding ortho intramolecular Hbond substituents is 1. The van der Waals surface area contributed by atoms with E-state index in [2.05, 4.69) is 0 Å². The molecular weight excluding hydrogens is 424 g/mol. The molecule has 0 aliphatic rings. The molecule has 4 heteroatoms. The Labute approximate surface area is 208 Å². The van der Waals surface area contributed by atoms with Crippen LogP contribution in [0, 0.1) is 0 Å². The lowest BCUT2D eigenvalue weighted by Gasteiger charge is -2.04. The number of ether oxygens (including phenoxy) is 1. The fraction of sp³-hybridized carbons (Fsp3) is 0.700. The van der Waals surface area contributed by atoms with Crippen LogP contribution in [0.2, 0.25) is 0 Å². The Morgan fingerprint density at radius 2 is 1.00 bits per heavy atom. The molecule has 0 aliphatic heterocycles. The first-order chi connectivity index (χ1) is 16.7. The first-order valence-electron chi connectivity index (χ1n) is 14.0. The number of esters is 1. The average molecular weight is 475 g/mol. The highest BCUT2D eigenvalue weighted by molar-refractivity contribution is 5.87. The Morgan fingerprint density at radius 1 is 0.618 bits per heavy atom. The second-order valence-corrected chi connectivity index (χ2v) is 9.53. The molecule has 0 amide bonds. The van der Waals surface area contributed by atoms with Crippen molar-refractivity contribution in [2.24, 2.45) is 0 Å². The van der Waals surface area contributed by atoms with Crippen molar-refractivity contribution in [2.75, 3.05) is 13.2 Å². The first kappa shape index (κ1) is 30.2. The standard InChI is InChI=1S/C30H50O4/c31-26-18-16-14-12-10-8-6-4-2-1-3-5-7-9-11-13-15-17-19-27-34-30(33)25-22-28-20-23-29(32)24-21-28/h20-25,31-32H,1-19,26-27H2/b25-22+. The first-order valence-corrected chi connectivity index (χ1v) is 14.0. The summed E-state index contributed by atoms with van der Waals surface area (Å²) >= 11 is 0. The van der Waals surface area contributed by atoms with Gasteiger partial charge in [-0.25, -0.2) is 4.79 Å². The van der Waals surface area contributed by atoms with E-state index >= 15 is 0 Å². The number of carbonyl (C=O) groups is 1. The number of aromatic hydroxyl groups is 1. The molecule has 2 N–H and O–H groups in total. The van der Waals surface area contributed by atoms with Crippen LogP contribution < -0.4 is 0 Å². The van der Waals surface area contributed by atoms with Crippen molar-refractivity contribution < 1.29 is 19.7 Å². The van der Waals surface area contributed by atoms with Gasteiger partial charge in [0, 0.05) is 12.7 Å². The molecule has 0 saturated heterocycles. The van der Waals surface area contributed by atoms with Gasteiger partial charge in [-0.1, -0.05) is 121 Å². The van der Waals surface area contributed by atoms with Crippen LogP contribution in [-0.4, -0.2) is 29.4 Å². The molecule has 194 valence electrons. The van der Waals surface area contributed by atoms with Gasteiger partial charge in [0.15, 0.2) is 0 Å². The molecule has 0 fully saturated rings. The van der Waals surface area contributed by atoms with E-state index in [9.17, 15) is 9.90 Å². The van der Waals surface area contributed by atoms with Crippen molar-refractivity contribution in [1.29, 1.82) is 0 Å². The van der Waals surface area contributed by atoms with E-state index in [0.717, 1.165) is 24.8 Å². The monoisotopic (exact) mass is 474 g/mol. The van der Waals surface area contributed by atoms with Gasteiger partial charge in [-0.15, -0.1) is 0 Å². The molecule has 1 rings (SSSR count). The van der Waals surface area contributed by atoms with Gasteiger partial charge in [-0.05, 0) is 36.6 Å². The van der Waals surface area contributed by atoms with E-state index in [-0.39, 0.29) is 11.7 Å². The molecule has 0 aromatic heterocycles. The number of aliphatic hydroxyl groups excluding tert-OH is 1. The Balaban J connectivity index is 1.75. The Kier molecular flexibility index (Phi) is 20.4. The molecule has 0 aliphatic carbocycles. The summed E-state index contributed by atoms with van der Waals surface area (Å²) in [6, 6.07) is 6.71. The molecule has 1 aromatic rings. The topological polar surface area (TPSA) is 66.8 Å². The minimum atomic E-state index is -0.307. The summed E-state index contributed by atoms with van der Waals surface area (Å²) in [5.41, 5.74) is 0.864. The quantitative estimate of drug-likeness (QED) is 0.0950. The zero-order valence-electron chi connectivity index (χ0n) is 21.5. The van der Waals surface area contributed by atoms with Crippen LogP contribution in [-0.2, 0) is 9.53 Å². The number of unbranched alkanes of at least 4 members (excludes halogenated alkanes) is 18. The third-order valence-corrected chi connectivity index (χ3v) is 6.35. The summed E-state index contributed by atoms with van der Waals surface area (Å²) in [5.74, 6) is -0.0899. The summed E-state index contributed by atoms with van der Waals surface area (Å²) in [4.78, 5) is 11.7. The largest absolute Gasteiger partial charge is 0.508 e. The van der Waals surface area contributed by atoms with Crippen molar-refractivity contribution in [3.8, 4) is 5.75 Å². The maximum atomic E-state index is 11.7. The van der Waals surface area contributed by atoms with Crippen molar-refractivity contribution in [3.63, 3.8) is 0 Å². The average Bonchev–Trinajstić information content (AvgIpc) is 2.84. The van der Waals surface area contributed by atoms with Crippen LogP contribution in [0.15, 0.2) is 30.3 Å². The van der Waals surface area contributed by atoms with Crippen molar-refractivity contribution >= 4 is 12.0 Å². The van der Waals surface area contributed by atoms with Gasteiger partial charge >= 0.3 is 5.97 Å². The summed E-state index contributed by atoms with van der Waals surface area (Å²) < 4.78 is 5.24. The zero-order valence-corrected chi connectivity index (χ0v) is 21.5. The normalized spacial score (nSPS) is 11.3. The predicted octanol–water partition coefficient (Wildman–Crippen LogP) is 8.35. The molecule has 0 spiro atoms. The summed E-state index contributed by atoms with van der Waals surface area (Å²) in [7, 11) is 0. The van der Waals surface area contributed by atoms with Crippen LogP contribution in [0.1, 0.15) is 128 Å². The zero-order chi connectivity index (χ0) is 24.5. The van der Waals surface area contributed by atoms with Gasteiger partial charge in [0.1, 0.15) is 5.75 Å². The number of phenols is 1. The highest BCUT2D eigenvalue weighted by Crippen LogP contribution is 2.15. The Bertz CT molecular complexity index is 609. The third-order valence-electron chi connectivity index (χ3n) is 6.35. The molecule has 0 heterocycles. The predicted molar refractivity (Wildman–Crippen MR) is 143 cm³/mol. The number of rotatable bonds is 23. The molecule has 0 bridgehead atoms. The van der Waals surface area contributed by atoms with Gasteiger partial charge in [0.2, 0.25) is 0 Å².